The molecule has 3 N–H and O–H groups in total. The lowest BCUT2D eigenvalue weighted by molar-refractivity contribution is -0.385. The van der Waals surface area contributed by atoms with Crippen molar-refractivity contribution in [3.63, 3.8) is 0 Å². The van der Waals surface area contributed by atoms with Crippen LogP contribution in [0.3, 0.4) is 0 Å². The first-order chi connectivity index (χ1) is 8.54. The molecule has 1 saturated carbocycles. The first kappa shape index (κ1) is 12.1. The molecule has 2 rings (SSSR count). The Bertz CT molecular complexity index is 512. The number of aromatic nitrogens is 1. The van der Waals surface area contributed by atoms with Gasteiger partial charge in [0.1, 0.15) is 5.82 Å². The Morgan fingerprint density at radius 2 is 2.33 bits per heavy atom. The Balaban J connectivity index is 2.44. The van der Waals surface area contributed by atoms with E-state index in [1.165, 1.54) is 6.07 Å². The van der Waals surface area contributed by atoms with Crippen molar-refractivity contribution in [2.45, 2.75) is 18.9 Å². The highest BCUT2D eigenvalue weighted by Gasteiger charge is 2.29. The summed E-state index contributed by atoms with van der Waals surface area (Å²) in [7, 11) is 1.86. The van der Waals surface area contributed by atoms with Crippen LogP contribution in [0.25, 0.3) is 0 Å². The van der Waals surface area contributed by atoms with Gasteiger partial charge in [-0.1, -0.05) is 5.16 Å². The van der Waals surface area contributed by atoms with Gasteiger partial charge in [-0.15, -0.1) is 0 Å². The smallest absolute Gasteiger partial charge is 0.298 e. The normalized spacial score (nSPS) is 15.5. The van der Waals surface area contributed by atoms with E-state index in [9.17, 15) is 10.1 Å². The fourth-order valence-electron chi connectivity index (χ4n) is 1.67. The molecule has 1 aromatic heterocycles. The molecule has 0 atom stereocenters. The number of anilines is 1. The van der Waals surface area contributed by atoms with Crippen LogP contribution in [0.2, 0.25) is 0 Å². The van der Waals surface area contributed by atoms with Gasteiger partial charge in [0.2, 0.25) is 0 Å². The summed E-state index contributed by atoms with van der Waals surface area (Å²) in [6.07, 6.45) is 2.15. The molecule has 0 bridgehead atoms. The molecule has 0 amide bonds. The molecule has 1 aliphatic rings. The molecule has 0 spiro atoms. The molecule has 8 nitrogen and oxygen atoms in total. The van der Waals surface area contributed by atoms with Gasteiger partial charge in [-0.25, -0.2) is 4.98 Å². The van der Waals surface area contributed by atoms with Crippen LogP contribution in [0, 0.1) is 10.1 Å². The maximum Gasteiger partial charge on any atom is 0.298 e. The molecule has 18 heavy (non-hydrogen) atoms. The summed E-state index contributed by atoms with van der Waals surface area (Å²) in [5, 5.41) is 22.2. The van der Waals surface area contributed by atoms with Crippen LogP contribution < -0.4 is 10.6 Å². The molecule has 1 fully saturated rings. The molecule has 1 aliphatic carbocycles. The van der Waals surface area contributed by atoms with E-state index < -0.39 is 4.92 Å². The van der Waals surface area contributed by atoms with Crippen molar-refractivity contribution in [3.05, 3.63) is 27.9 Å². The van der Waals surface area contributed by atoms with E-state index in [0.717, 1.165) is 12.8 Å². The lowest BCUT2D eigenvalue weighted by atomic mass is 10.2. The third-order valence-electron chi connectivity index (χ3n) is 2.86. The monoisotopic (exact) mass is 251 g/mol. The van der Waals surface area contributed by atoms with Crippen LogP contribution in [-0.4, -0.2) is 34.0 Å². The van der Waals surface area contributed by atoms with Crippen LogP contribution in [0.15, 0.2) is 17.3 Å². The summed E-state index contributed by atoms with van der Waals surface area (Å²) in [5.41, 5.74) is 5.01. The van der Waals surface area contributed by atoms with Crippen LogP contribution >= 0.6 is 0 Å². The highest BCUT2D eigenvalue weighted by atomic mass is 16.6. The van der Waals surface area contributed by atoms with Gasteiger partial charge in [0.15, 0.2) is 11.5 Å². The number of nitro groups is 1. The second-order valence-corrected chi connectivity index (χ2v) is 4.12. The Kier molecular flexibility index (Phi) is 3.00. The van der Waals surface area contributed by atoms with Crippen molar-refractivity contribution >= 4 is 17.3 Å². The summed E-state index contributed by atoms with van der Waals surface area (Å²) in [6, 6.07) is 3.29. The zero-order chi connectivity index (χ0) is 13.3. The molecule has 96 valence electrons. The lowest BCUT2D eigenvalue weighted by Crippen LogP contribution is -2.23. The fourth-order valence-corrected chi connectivity index (χ4v) is 1.67. The molecular formula is C10H13N5O3. The van der Waals surface area contributed by atoms with Gasteiger partial charge in [-0.05, 0) is 18.9 Å². The van der Waals surface area contributed by atoms with Crippen LogP contribution in [0.4, 0.5) is 11.5 Å². The zero-order valence-electron chi connectivity index (χ0n) is 9.78. The Morgan fingerprint density at radius 1 is 1.67 bits per heavy atom. The van der Waals surface area contributed by atoms with Gasteiger partial charge in [0.05, 0.1) is 4.92 Å². The Morgan fingerprint density at radius 3 is 2.83 bits per heavy atom. The number of pyridine rings is 1. The average Bonchev–Trinajstić information content (AvgIpc) is 3.20. The molecule has 0 radical (unpaired) electrons. The van der Waals surface area contributed by atoms with Gasteiger partial charge in [-0.2, -0.15) is 0 Å². The second kappa shape index (κ2) is 4.47. The number of nitrogens with zero attached hydrogens (tertiary/aromatic N) is 4. The highest BCUT2D eigenvalue weighted by molar-refractivity contribution is 5.99. The summed E-state index contributed by atoms with van der Waals surface area (Å²) in [4.78, 5) is 16.2. The molecular weight excluding hydrogens is 238 g/mol. The van der Waals surface area contributed by atoms with Gasteiger partial charge >= 0.3 is 0 Å². The average molecular weight is 251 g/mol. The van der Waals surface area contributed by atoms with Gasteiger partial charge in [0, 0.05) is 19.2 Å². The Hall–Kier alpha value is -2.38. The summed E-state index contributed by atoms with van der Waals surface area (Å²) < 4.78 is 0. The van der Waals surface area contributed by atoms with Gasteiger partial charge in [-0.3, -0.25) is 10.1 Å². The van der Waals surface area contributed by atoms with Crippen molar-refractivity contribution in [1.29, 1.82) is 0 Å². The van der Waals surface area contributed by atoms with Crippen LogP contribution in [0.5, 0.6) is 0 Å². The van der Waals surface area contributed by atoms with Crippen LogP contribution in [-0.2, 0) is 0 Å². The van der Waals surface area contributed by atoms with E-state index in [2.05, 4.69) is 10.1 Å². The molecule has 0 aliphatic heterocycles. The molecule has 0 unspecified atom stereocenters. The maximum atomic E-state index is 10.8. The summed E-state index contributed by atoms with van der Waals surface area (Å²) in [5.74, 6) is 0.206. The minimum atomic E-state index is -0.610. The third kappa shape index (κ3) is 2.17. The van der Waals surface area contributed by atoms with Crippen molar-refractivity contribution in [2.24, 2.45) is 10.9 Å². The predicted molar refractivity (Wildman–Crippen MR) is 64.8 cm³/mol. The molecule has 0 aromatic carbocycles. The number of hydrogen-bond donors (Lipinski definition) is 2. The quantitative estimate of drug-likeness (QED) is 0.267. The van der Waals surface area contributed by atoms with E-state index in [1.807, 2.05) is 11.9 Å². The largest absolute Gasteiger partial charge is 0.409 e. The van der Waals surface area contributed by atoms with Crippen molar-refractivity contribution in [3.8, 4) is 0 Å². The molecule has 8 heteroatoms. The highest BCUT2D eigenvalue weighted by Crippen LogP contribution is 2.30. The van der Waals surface area contributed by atoms with Gasteiger partial charge in [0.25, 0.3) is 5.69 Å². The summed E-state index contributed by atoms with van der Waals surface area (Å²) >= 11 is 0. The van der Waals surface area contributed by atoms with Crippen LogP contribution in [0.1, 0.15) is 18.5 Å². The standard InChI is InChI=1S/C10H13N5O3/c1-14(6-2-3-6)8-5-4-7(15(17)18)9(12-8)10(11)13-16/h4-6,16H,2-3H2,1H3,(H2,11,13). The first-order valence-electron chi connectivity index (χ1n) is 5.40. The Labute approximate surface area is 103 Å². The van der Waals surface area contributed by atoms with Crippen molar-refractivity contribution in [1.82, 2.24) is 4.98 Å². The number of amidine groups is 1. The molecule has 1 aromatic rings. The zero-order valence-corrected chi connectivity index (χ0v) is 9.78. The van der Waals surface area contributed by atoms with Crippen molar-refractivity contribution < 1.29 is 10.1 Å². The number of nitrogens with two attached hydrogens (primary N) is 1. The minimum Gasteiger partial charge on any atom is -0.409 e. The van der Waals surface area contributed by atoms with Crippen molar-refractivity contribution in [2.75, 3.05) is 11.9 Å². The maximum absolute atomic E-state index is 10.8. The third-order valence-corrected chi connectivity index (χ3v) is 2.86. The topological polar surface area (TPSA) is 118 Å². The van der Waals surface area contributed by atoms with Gasteiger partial charge < -0.3 is 15.8 Å². The number of oxime groups is 1. The second-order valence-electron chi connectivity index (χ2n) is 4.12. The van der Waals surface area contributed by atoms with E-state index in [-0.39, 0.29) is 17.2 Å². The predicted octanol–water partition coefficient (Wildman–Crippen LogP) is 0.683. The number of hydrogen-bond acceptors (Lipinski definition) is 6. The lowest BCUT2D eigenvalue weighted by Gasteiger charge is -2.17. The van der Waals surface area contributed by atoms with E-state index in [0.29, 0.717) is 11.9 Å². The van der Waals surface area contributed by atoms with E-state index in [4.69, 9.17) is 10.9 Å². The minimum absolute atomic E-state index is 0.118. The summed E-state index contributed by atoms with van der Waals surface area (Å²) in [6.45, 7) is 0. The molecule has 1 heterocycles. The van der Waals surface area contributed by atoms with E-state index >= 15 is 0 Å². The first-order valence-corrected chi connectivity index (χ1v) is 5.40. The number of rotatable bonds is 4. The SMILES string of the molecule is CN(c1ccc([N+](=O)[O-])c(/C(N)=N/O)n1)C1CC1. The fraction of sp³-hybridized carbons (Fsp3) is 0.400. The molecule has 0 saturated heterocycles. The van der Waals surface area contributed by atoms with E-state index in [1.54, 1.807) is 6.07 Å².